The molecule has 0 unspecified atom stereocenters. The second-order valence-electron chi connectivity index (χ2n) is 6.01. The third-order valence-electron chi connectivity index (χ3n) is 4.49. The molecule has 2 fully saturated rings. The molecule has 23 heavy (non-hydrogen) atoms. The van der Waals surface area contributed by atoms with Crippen LogP contribution in [0.3, 0.4) is 0 Å². The van der Waals surface area contributed by atoms with Gasteiger partial charge in [-0.1, -0.05) is 35.5 Å². The van der Waals surface area contributed by atoms with Crippen LogP contribution in [0.25, 0.3) is 11.3 Å². The molecule has 118 valence electrons. The zero-order valence-electron chi connectivity index (χ0n) is 12.5. The highest BCUT2D eigenvalue weighted by Gasteiger charge is 2.55. The number of benzene rings is 1. The van der Waals surface area contributed by atoms with Gasteiger partial charge >= 0.3 is 6.09 Å². The monoisotopic (exact) mass is 312 g/mol. The highest BCUT2D eigenvalue weighted by molar-refractivity contribution is 6.03. The minimum Gasteiger partial charge on any atom is -0.432 e. The Balaban J connectivity index is 1.54. The molecule has 0 atom stereocenters. The molecule has 1 aliphatic carbocycles. The van der Waals surface area contributed by atoms with Crippen LogP contribution in [-0.4, -0.2) is 27.7 Å². The zero-order valence-corrected chi connectivity index (χ0v) is 12.5. The van der Waals surface area contributed by atoms with Gasteiger partial charge in [-0.05, 0) is 25.7 Å². The molecular formula is C17H16N2O4. The van der Waals surface area contributed by atoms with E-state index in [1.165, 1.54) is 0 Å². The molecule has 2 aromatic rings. The maximum absolute atomic E-state index is 12.5. The minimum absolute atomic E-state index is 0.0548. The number of hydrogen-bond donors (Lipinski definition) is 0. The van der Waals surface area contributed by atoms with E-state index in [4.69, 9.17) is 9.26 Å². The second-order valence-corrected chi connectivity index (χ2v) is 6.01. The largest absolute Gasteiger partial charge is 0.432 e. The Morgan fingerprint density at radius 3 is 2.61 bits per heavy atom. The SMILES string of the molecule is O=C1OC2(CCCC2)C(=O)N1Cc1cc(-c2ccccc2)no1. The van der Waals surface area contributed by atoms with Crippen LogP contribution in [0.15, 0.2) is 40.9 Å². The maximum atomic E-state index is 12.5. The van der Waals surface area contributed by atoms with Crippen LogP contribution in [0.4, 0.5) is 4.79 Å². The van der Waals surface area contributed by atoms with E-state index in [1.54, 1.807) is 6.07 Å². The van der Waals surface area contributed by atoms with E-state index in [0.29, 0.717) is 24.3 Å². The first kappa shape index (κ1) is 14.0. The third kappa shape index (κ3) is 2.30. The fraction of sp³-hybridized carbons (Fsp3) is 0.353. The summed E-state index contributed by atoms with van der Waals surface area (Å²) in [5.74, 6) is 0.210. The van der Waals surface area contributed by atoms with E-state index in [1.807, 2.05) is 30.3 Å². The van der Waals surface area contributed by atoms with Crippen molar-refractivity contribution in [3.8, 4) is 11.3 Å². The molecule has 1 saturated heterocycles. The lowest BCUT2D eigenvalue weighted by Gasteiger charge is -2.17. The fourth-order valence-electron chi connectivity index (χ4n) is 3.28. The normalized spacial score (nSPS) is 19.6. The summed E-state index contributed by atoms with van der Waals surface area (Å²) in [6.07, 6.45) is 2.45. The lowest BCUT2D eigenvalue weighted by Crippen LogP contribution is -2.38. The molecule has 0 N–H and O–H groups in total. The van der Waals surface area contributed by atoms with Crippen LogP contribution in [0.2, 0.25) is 0 Å². The molecule has 2 heterocycles. The predicted molar refractivity (Wildman–Crippen MR) is 80.2 cm³/mol. The third-order valence-corrected chi connectivity index (χ3v) is 4.49. The average Bonchev–Trinajstić information content (AvgIpc) is 3.27. The number of hydrogen-bond acceptors (Lipinski definition) is 5. The summed E-state index contributed by atoms with van der Waals surface area (Å²) in [5.41, 5.74) is 0.667. The minimum atomic E-state index is -0.931. The number of aromatic nitrogens is 1. The van der Waals surface area contributed by atoms with Crippen molar-refractivity contribution in [3.63, 3.8) is 0 Å². The first-order chi connectivity index (χ1) is 11.2. The molecule has 0 bridgehead atoms. The second kappa shape index (κ2) is 5.22. The van der Waals surface area contributed by atoms with Gasteiger partial charge < -0.3 is 9.26 Å². The molecule has 4 rings (SSSR count). The van der Waals surface area contributed by atoms with Crippen molar-refractivity contribution in [1.82, 2.24) is 10.1 Å². The van der Waals surface area contributed by atoms with Gasteiger partial charge in [0.05, 0.1) is 6.54 Å². The summed E-state index contributed by atoms with van der Waals surface area (Å²) in [5, 5.41) is 4.00. The molecule has 2 amide bonds. The van der Waals surface area contributed by atoms with E-state index < -0.39 is 11.7 Å². The van der Waals surface area contributed by atoms with Crippen molar-refractivity contribution < 1.29 is 18.8 Å². The van der Waals surface area contributed by atoms with E-state index in [0.717, 1.165) is 23.3 Å². The average molecular weight is 312 g/mol. The highest BCUT2D eigenvalue weighted by atomic mass is 16.6. The molecule has 1 saturated carbocycles. The molecule has 6 heteroatoms. The summed E-state index contributed by atoms with van der Waals surface area (Å²) in [4.78, 5) is 25.7. The Morgan fingerprint density at radius 2 is 1.87 bits per heavy atom. The maximum Gasteiger partial charge on any atom is 0.418 e. The summed E-state index contributed by atoms with van der Waals surface area (Å²) in [6.45, 7) is 0.0548. The molecular weight excluding hydrogens is 296 g/mol. The summed E-state index contributed by atoms with van der Waals surface area (Å²) < 4.78 is 10.7. The topological polar surface area (TPSA) is 72.6 Å². The van der Waals surface area contributed by atoms with Crippen molar-refractivity contribution in [1.29, 1.82) is 0 Å². The molecule has 1 aliphatic heterocycles. The van der Waals surface area contributed by atoms with Crippen molar-refractivity contribution in [3.05, 3.63) is 42.2 Å². The summed E-state index contributed by atoms with van der Waals surface area (Å²) >= 11 is 0. The predicted octanol–water partition coefficient (Wildman–Crippen LogP) is 3.13. The van der Waals surface area contributed by atoms with Gasteiger partial charge in [-0.25, -0.2) is 9.69 Å². The van der Waals surface area contributed by atoms with Crippen LogP contribution in [-0.2, 0) is 16.1 Å². The van der Waals surface area contributed by atoms with Crippen molar-refractivity contribution in [2.24, 2.45) is 0 Å². The van der Waals surface area contributed by atoms with E-state index in [9.17, 15) is 9.59 Å². The fourth-order valence-corrected chi connectivity index (χ4v) is 3.28. The Bertz CT molecular complexity index is 747. The number of ether oxygens (including phenoxy) is 1. The van der Waals surface area contributed by atoms with Crippen molar-refractivity contribution in [2.75, 3.05) is 0 Å². The van der Waals surface area contributed by atoms with Gasteiger partial charge in [0, 0.05) is 11.6 Å². The number of rotatable bonds is 3. The zero-order chi connectivity index (χ0) is 15.9. The molecule has 1 aromatic heterocycles. The Kier molecular flexibility index (Phi) is 3.18. The van der Waals surface area contributed by atoms with E-state index >= 15 is 0 Å². The van der Waals surface area contributed by atoms with Crippen LogP contribution in [0, 0.1) is 0 Å². The summed E-state index contributed by atoms with van der Waals surface area (Å²) in [7, 11) is 0. The summed E-state index contributed by atoms with van der Waals surface area (Å²) in [6, 6.07) is 11.3. The number of amides is 2. The van der Waals surface area contributed by atoms with Gasteiger partial charge in [0.1, 0.15) is 5.69 Å². The molecule has 2 aliphatic rings. The molecule has 1 aromatic carbocycles. The van der Waals surface area contributed by atoms with Gasteiger partial charge in [-0.15, -0.1) is 0 Å². The van der Waals surface area contributed by atoms with Crippen LogP contribution < -0.4 is 0 Å². The number of imide groups is 1. The van der Waals surface area contributed by atoms with Gasteiger partial charge in [0.15, 0.2) is 11.4 Å². The lowest BCUT2D eigenvalue weighted by molar-refractivity contribution is -0.136. The Morgan fingerprint density at radius 1 is 1.13 bits per heavy atom. The Labute approximate surface area is 133 Å². The highest BCUT2D eigenvalue weighted by Crippen LogP contribution is 2.40. The van der Waals surface area contributed by atoms with E-state index in [-0.39, 0.29) is 12.5 Å². The molecule has 6 nitrogen and oxygen atoms in total. The van der Waals surface area contributed by atoms with Crippen molar-refractivity contribution >= 4 is 12.0 Å². The Hall–Kier alpha value is -2.63. The van der Waals surface area contributed by atoms with Gasteiger partial charge in [0.25, 0.3) is 5.91 Å². The van der Waals surface area contributed by atoms with Crippen LogP contribution in [0.5, 0.6) is 0 Å². The molecule has 1 spiro atoms. The smallest absolute Gasteiger partial charge is 0.418 e. The van der Waals surface area contributed by atoms with Gasteiger partial charge in [0.2, 0.25) is 0 Å². The van der Waals surface area contributed by atoms with Gasteiger partial charge in [-0.3, -0.25) is 4.79 Å². The van der Waals surface area contributed by atoms with Crippen LogP contribution >= 0.6 is 0 Å². The quantitative estimate of drug-likeness (QED) is 0.870. The number of carbonyl (C=O) groups is 2. The number of carbonyl (C=O) groups excluding carboxylic acids is 2. The first-order valence-electron chi connectivity index (χ1n) is 7.74. The van der Waals surface area contributed by atoms with Gasteiger partial charge in [-0.2, -0.15) is 0 Å². The van der Waals surface area contributed by atoms with Crippen LogP contribution in [0.1, 0.15) is 31.4 Å². The molecule has 0 radical (unpaired) electrons. The lowest BCUT2D eigenvalue weighted by atomic mass is 10.0. The van der Waals surface area contributed by atoms with E-state index in [2.05, 4.69) is 5.16 Å². The van der Waals surface area contributed by atoms with Crippen molar-refractivity contribution in [2.45, 2.75) is 37.8 Å². The number of nitrogens with zero attached hydrogens (tertiary/aromatic N) is 2. The standard InChI is InChI=1S/C17H16N2O4/c20-15-17(8-4-5-9-17)22-16(21)19(15)11-13-10-14(18-23-13)12-6-2-1-3-7-12/h1-3,6-7,10H,4-5,8-9,11H2. The first-order valence-corrected chi connectivity index (χ1v) is 7.74.